The largest absolute Gasteiger partial charge is 0.370 e. The highest BCUT2D eigenvalue weighted by atomic mass is 15.1. The molecule has 0 saturated heterocycles. The van der Waals surface area contributed by atoms with Crippen LogP contribution < -0.4 is 4.90 Å². The Morgan fingerprint density at radius 3 is 2.58 bits per heavy atom. The number of azo groups is 1. The second-order valence-corrected chi connectivity index (χ2v) is 7.88. The first-order valence-corrected chi connectivity index (χ1v) is 9.65. The van der Waals surface area contributed by atoms with Crippen LogP contribution in [0, 0.1) is 11.8 Å². The summed E-state index contributed by atoms with van der Waals surface area (Å²) in [5.41, 5.74) is 7.65. The van der Waals surface area contributed by atoms with Gasteiger partial charge in [-0.25, -0.2) is 0 Å². The van der Waals surface area contributed by atoms with Gasteiger partial charge in [-0.3, -0.25) is 0 Å². The van der Waals surface area contributed by atoms with E-state index in [4.69, 9.17) is 0 Å². The normalized spacial score (nSPS) is 18.9. The molecule has 1 atom stereocenters. The van der Waals surface area contributed by atoms with Crippen molar-refractivity contribution >= 4 is 17.0 Å². The molecule has 0 amide bonds. The minimum atomic E-state index is 0.447. The van der Waals surface area contributed by atoms with Crippen molar-refractivity contribution in [1.29, 1.82) is 0 Å². The Bertz CT molecular complexity index is 863. The summed E-state index contributed by atoms with van der Waals surface area (Å²) >= 11 is 0. The Morgan fingerprint density at radius 1 is 1.04 bits per heavy atom. The number of benzene rings is 2. The number of hydrogen-bond acceptors (Lipinski definition) is 3. The van der Waals surface area contributed by atoms with Crippen LogP contribution in [0.4, 0.5) is 5.69 Å². The molecule has 134 valence electrons. The van der Waals surface area contributed by atoms with E-state index in [-0.39, 0.29) is 0 Å². The van der Waals surface area contributed by atoms with Gasteiger partial charge in [-0.1, -0.05) is 62.7 Å². The van der Waals surface area contributed by atoms with Crippen molar-refractivity contribution in [2.45, 2.75) is 33.2 Å². The summed E-state index contributed by atoms with van der Waals surface area (Å²) in [5, 5.41) is 9.22. The monoisotopic (exact) mass is 345 g/mol. The molecule has 0 N–H and O–H groups in total. The molecular weight excluding hydrogens is 318 g/mol. The lowest BCUT2D eigenvalue weighted by molar-refractivity contribution is 0.487. The van der Waals surface area contributed by atoms with Crippen LogP contribution in [-0.4, -0.2) is 13.6 Å². The predicted molar refractivity (Wildman–Crippen MR) is 109 cm³/mol. The second kappa shape index (κ2) is 7.06. The number of nitrogens with zero attached hydrogens (tertiary/aromatic N) is 3. The number of rotatable bonds is 3. The Morgan fingerprint density at radius 2 is 1.77 bits per heavy atom. The summed E-state index contributed by atoms with van der Waals surface area (Å²) < 4.78 is 0. The molecule has 0 saturated carbocycles. The highest BCUT2D eigenvalue weighted by Crippen LogP contribution is 2.44. The maximum atomic E-state index is 4.68. The molecule has 0 aliphatic carbocycles. The van der Waals surface area contributed by atoms with Crippen LogP contribution >= 0.6 is 0 Å². The van der Waals surface area contributed by atoms with Gasteiger partial charge in [-0.2, -0.15) is 10.2 Å². The maximum Gasteiger partial charge on any atom is 0.0987 e. The summed E-state index contributed by atoms with van der Waals surface area (Å²) in [7, 11) is 2.16. The molecule has 2 heterocycles. The Labute approximate surface area is 156 Å². The smallest absolute Gasteiger partial charge is 0.0987 e. The van der Waals surface area contributed by atoms with Crippen molar-refractivity contribution in [3.8, 4) is 0 Å². The molecule has 0 fully saturated rings. The van der Waals surface area contributed by atoms with E-state index in [0.29, 0.717) is 11.8 Å². The van der Waals surface area contributed by atoms with E-state index in [2.05, 4.69) is 84.6 Å². The van der Waals surface area contributed by atoms with Crippen molar-refractivity contribution in [3.05, 3.63) is 65.2 Å². The van der Waals surface area contributed by atoms with Crippen molar-refractivity contribution in [2.24, 2.45) is 22.1 Å². The van der Waals surface area contributed by atoms with Gasteiger partial charge in [0.05, 0.1) is 12.2 Å². The van der Waals surface area contributed by atoms with E-state index >= 15 is 0 Å². The first-order chi connectivity index (χ1) is 12.6. The number of para-hydroxylation sites is 1. The van der Waals surface area contributed by atoms with Crippen LogP contribution in [0.25, 0.3) is 11.3 Å². The van der Waals surface area contributed by atoms with Crippen molar-refractivity contribution in [2.75, 3.05) is 18.5 Å². The molecule has 0 radical (unpaired) electrons. The third kappa shape index (κ3) is 3.07. The molecule has 4 rings (SSSR count). The van der Waals surface area contributed by atoms with Gasteiger partial charge in [0.1, 0.15) is 0 Å². The molecule has 2 aliphatic rings. The van der Waals surface area contributed by atoms with Crippen LogP contribution in [0.5, 0.6) is 0 Å². The maximum absolute atomic E-state index is 4.68. The molecule has 26 heavy (non-hydrogen) atoms. The first-order valence-electron chi connectivity index (χ1n) is 9.65. The Hall–Kier alpha value is -2.42. The quantitative estimate of drug-likeness (QED) is 0.668. The van der Waals surface area contributed by atoms with Crippen LogP contribution in [0.3, 0.4) is 0 Å². The zero-order valence-corrected chi connectivity index (χ0v) is 15.9. The van der Waals surface area contributed by atoms with Crippen LogP contribution in [-0.2, 0) is 6.54 Å². The fourth-order valence-corrected chi connectivity index (χ4v) is 4.13. The summed E-state index contributed by atoms with van der Waals surface area (Å²) in [5.74, 6) is 1.16. The lowest BCUT2D eigenvalue weighted by Gasteiger charge is -2.32. The predicted octanol–water partition coefficient (Wildman–Crippen LogP) is 6.02. The molecule has 2 aromatic carbocycles. The van der Waals surface area contributed by atoms with E-state index in [0.717, 1.165) is 18.8 Å². The Kier molecular flexibility index (Phi) is 4.62. The number of anilines is 1. The molecule has 2 aromatic rings. The molecule has 3 nitrogen and oxygen atoms in total. The third-order valence-corrected chi connectivity index (χ3v) is 5.51. The van der Waals surface area contributed by atoms with Gasteiger partial charge in [-0.05, 0) is 35.1 Å². The summed E-state index contributed by atoms with van der Waals surface area (Å²) in [6.45, 7) is 6.32. The highest BCUT2D eigenvalue weighted by molar-refractivity contribution is 5.96. The average Bonchev–Trinajstić information content (AvgIpc) is 2.65. The summed E-state index contributed by atoms with van der Waals surface area (Å²) in [6, 6.07) is 17.4. The topological polar surface area (TPSA) is 28.0 Å². The van der Waals surface area contributed by atoms with E-state index in [9.17, 15) is 0 Å². The molecule has 1 unspecified atom stereocenters. The van der Waals surface area contributed by atoms with Crippen molar-refractivity contribution in [1.82, 2.24) is 0 Å². The zero-order chi connectivity index (χ0) is 18.1. The molecule has 3 heteroatoms. The van der Waals surface area contributed by atoms with Gasteiger partial charge in [0.25, 0.3) is 0 Å². The first kappa shape index (κ1) is 17.0. The summed E-state index contributed by atoms with van der Waals surface area (Å²) in [4.78, 5) is 2.32. The zero-order valence-electron chi connectivity index (χ0n) is 15.9. The lowest BCUT2D eigenvalue weighted by Crippen LogP contribution is -2.23. The lowest BCUT2D eigenvalue weighted by atomic mass is 9.81. The van der Waals surface area contributed by atoms with Crippen LogP contribution in [0.15, 0.2) is 58.8 Å². The SMILES string of the molecule is CC(C)CCC1CN=NC2=C1c1ccccc1CN(C)c1ccccc12. The molecule has 0 spiro atoms. The van der Waals surface area contributed by atoms with Gasteiger partial charge >= 0.3 is 0 Å². The van der Waals surface area contributed by atoms with Crippen LogP contribution in [0.1, 0.15) is 43.4 Å². The molecule has 2 aliphatic heterocycles. The fraction of sp³-hybridized carbons (Fsp3) is 0.391. The van der Waals surface area contributed by atoms with Crippen molar-refractivity contribution in [3.63, 3.8) is 0 Å². The highest BCUT2D eigenvalue weighted by Gasteiger charge is 2.29. The van der Waals surface area contributed by atoms with Crippen LogP contribution in [0.2, 0.25) is 0 Å². The van der Waals surface area contributed by atoms with E-state index in [1.165, 1.54) is 40.8 Å². The molecule has 0 aromatic heterocycles. The van der Waals surface area contributed by atoms with E-state index < -0.39 is 0 Å². The fourth-order valence-electron chi connectivity index (χ4n) is 4.13. The van der Waals surface area contributed by atoms with Gasteiger partial charge < -0.3 is 4.90 Å². The van der Waals surface area contributed by atoms with Gasteiger partial charge in [-0.15, -0.1) is 0 Å². The van der Waals surface area contributed by atoms with Gasteiger partial charge in [0, 0.05) is 30.8 Å². The van der Waals surface area contributed by atoms with E-state index in [1.54, 1.807) is 0 Å². The Balaban J connectivity index is 1.93. The molecule has 0 bridgehead atoms. The number of fused-ring (bicyclic) bond motifs is 4. The molecular formula is C23H27N3. The minimum absolute atomic E-state index is 0.447. The van der Waals surface area contributed by atoms with Gasteiger partial charge in [0.2, 0.25) is 0 Å². The second-order valence-electron chi connectivity index (χ2n) is 7.88. The third-order valence-electron chi connectivity index (χ3n) is 5.51. The van der Waals surface area contributed by atoms with Crippen molar-refractivity contribution < 1.29 is 0 Å². The van der Waals surface area contributed by atoms with Gasteiger partial charge in [0.15, 0.2) is 0 Å². The minimum Gasteiger partial charge on any atom is -0.370 e. The summed E-state index contributed by atoms with van der Waals surface area (Å²) in [6.07, 6.45) is 2.39. The van der Waals surface area contributed by atoms with E-state index in [1.807, 2.05) is 0 Å². The standard InChI is InChI=1S/C23H27N3/c1-16(2)12-13-17-14-24-25-23-20-10-6-7-11-21(20)26(3)15-18-8-4-5-9-19(18)22(17)23/h4-11,16-17H,12-15H2,1-3H3. The number of hydrogen-bond donors (Lipinski definition) is 0. The average molecular weight is 345 g/mol.